The molecule has 3 atom stereocenters. The smallest absolute Gasteiger partial charge is 0.247 e. The van der Waals surface area contributed by atoms with Crippen molar-refractivity contribution < 1.29 is 14.7 Å². The molecule has 0 aliphatic heterocycles. The van der Waals surface area contributed by atoms with E-state index in [1.165, 1.54) is 13.0 Å². The predicted octanol–water partition coefficient (Wildman–Crippen LogP) is 4.98. The van der Waals surface area contributed by atoms with E-state index in [4.69, 9.17) is 0 Å². The lowest BCUT2D eigenvalue weighted by molar-refractivity contribution is -0.139. The maximum atomic E-state index is 13.5. The van der Waals surface area contributed by atoms with E-state index < -0.39 is 12.1 Å². The van der Waals surface area contributed by atoms with Crippen LogP contribution in [0.2, 0.25) is 0 Å². The number of Topliss-reactive ketones (excluding diaryl/α,β-unsaturated/α-hetero) is 1. The Balaban J connectivity index is 2.07. The van der Waals surface area contributed by atoms with Crippen molar-refractivity contribution in [3.63, 3.8) is 0 Å². The monoisotopic (exact) mass is 413 g/mol. The highest BCUT2D eigenvalue weighted by atomic mass is 16.3. The minimum absolute atomic E-state index is 0.283. The molecule has 2 unspecified atom stereocenters. The number of amides is 1. The minimum atomic E-state index is -1.34. The summed E-state index contributed by atoms with van der Waals surface area (Å²) in [6.07, 6.45) is 1.90. The Labute approximate surface area is 183 Å². The molecule has 4 heteroatoms. The van der Waals surface area contributed by atoms with Gasteiger partial charge in [0.15, 0.2) is 5.78 Å². The topological polar surface area (TPSA) is 57.6 Å². The van der Waals surface area contributed by atoms with Gasteiger partial charge in [-0.15, -0.1) is 0 Å². The number of nitrogens with zero attached hydrogens (tertiary/aromatic N) is 1. The van der Waals surface area contributed by atoms with Crippen molar-refractivity contribution in [3.05, 3.63) is 114 Å². The molecule has 0 spiro atoms. The van der Waals surface area contributed by atoms with Crippen molar-refractivity contribution in [3.8, 4) is 0 Å². The third kappa shape index (κ3) is 5.56. The van der Waals surface area contributed by atoms with E-state index in [9.17, 15) is 14.7 Å². The number of hydrogen-bond donors (Lipinski definition) is 1. The first-order chi connectivity index (χ1) is 15.0. The van der Waals surface area contributed by atoms with Gasteiger partial charge in [-0.05, 0) is 36.6 Å². The maximum absolute atomic E-state index is 13.5. The van der Waals surface area contributed by atoms with Crippen molar-refractivity contribution in [2.45, 2.75) is 32.0 Å². The Morgan fingerprint density at radius 2 is 1.29 bits per heavy atom. The van der Waals surface area contributed by atoms with Gasteiger partial charge in [0.25, 0.3) is 0 Å². The van der Waals surface area contributed by atoms with Gasteiger partial charge >= 0.3 is 0 Å². The molecule has 0 saturated carbocycles. The number of aliphatic hydroxyl groups is 1. The van der Waals surface area contributed by atoms with E-state index in [0.29, 0.717) is 5.56 Å². The first-order valence-corrected chi connectivity index (χ1v) is 10.3. The first kappa shape index (κ1) is 22.2. The van der Waals surface area contributed by atoms with Crippen LogP contribution in [0.4, 0.5) is 0 Å². The van der Waals surface area contributed by atoms with Crippen LogP contribution in [0.15, 0.2) is 97.1 Å². The fraction of sp³-hybridized carbons (Fsp3) is 0.185. The largest absolute Gasteiger partial charge is 0.383 e. The van der Waals surface area contributed by atoms with E-state index in [0.717, 1.165) is 11.1 Å². The van der Waals surface area contributed by atoms with Gasteiger partial charge in [-0.2, -0.15) is 0 Å². The quantitative estimate of drug-likeness (QED) is 0.530. The molecule has 0 bridgehead atoms. The van der Waals surface area contributed by atoms with Crippen LogP contribution in [-0.2, 0) is 9.59 Å². The molecule has 1 amide bonds. The standard InChI is InChI=1S/C27H27NO3/c1-20(23-14-8-4-9-15-23)28(25(30)19-18-22-12-6-3-7-13-22)26(27(31)21(2)29)24-16-10-5-11-17-24/h3-20,26-27,31H,1-2H3/b19-18+/t20-,26?,27?/m1/s1. The third-order valence-corrected chi connectivity index (χ3v) is 5.33. The Morgan fingerprint density at radius 1 is 0.806 bits per heavy atom. The van der Waals surface area contributed by atoms with Crippen LogP contribution < -0.4 is 0 Å². The van der Waals surface area contributed by atoms with Crippen molar-refractivity contribution >= 4 is 17.8 Å². The van der Waals surface area contributed by atoms with Gasteiger partial charge in [0, 0.05) is 6.08 Å². The van der Waals surface area contributed by atoms with Crippen LogP contribution in [0.1, 0.15) is 42.6 Å². The normalized spacial score (nSPS) is 14.0. The van der Waals surface area contributed by atoms with Crippen LogP contribution in [0.3, 0.4) is 0 Å². The average molecular weight is 414 g/mol. The van der Waals surface area contributed by atoms with Crippen molar-refractivity contribution in [1.82, 2.24) is 4.90 Å². The lowest BCUT2D eigenvalue weighted by Gasteiger charge is -2.38. The van der Waals surface area contributed by atoms with E-state index in [1.54, 1.807) is 11.0 Å². The average Bonchev–Trinajstić information content (AvgIpc) is 2.82. The molecule has 158 valence electrons. The molecule has 0 aromatic heterocycles. The molecule has 3 rings (SSSR count). The molecule has 0 heterocycles. The van der Waals surface area contributed by atoms with Crippen molar-refractivity contribution in [2.75, 3.05) is 0 Å². The number of carbonyl (C=O) groups excluding carboxylic acids is 2. The van der Waals surface area contributed by atoms with Crippen molar-refractivity contribution in [2.24, 2.45) is 0 Å². The van der Waals surface area contributed by atoms with Crippen molar-refractivity contribution in [1.29, 1.82) is 0 Å². The van der Waals surface area contributed by atoms with E-state index in [-0.39, 0.29) is 17.7 Å². The Kier molecular flexibility index (Phi) is 7.52. The minimum Gasteiger partial charge on any atom is -0.383 e. The lowest BCUT2D eigenvalue weighted by Crippen LogP contribution is -2.44. The first-order valence-electron chi connectivity index (χ1n) is 10.3. The van der Waals surface area contributed by atoms with Crippen LogP contribution in [0, 0.1) is 0 Å². The Bertz CT molecular complexity index is 1020. The van der Waals surface area contributed by atoms with Gasteiger partial charge in [0.1, 0.15) is 6.10 Å². The number of benzene rings is 3. The zero-order valence-corrected chi connectivity index (χ0v) is 17.8. The summed E-state index contributed by atoms with van der Waals surface area (Å²) in [6.45, 7) is 3.25. The fourth-order valence-corrected chi connectivity index (χ4v) is 3.65. The second-order valence-corrected chi connectivity index (χ2v) is 7.49. The molecule has 31 heavy (non-hydrogen) atoms. The molecule has 0 saturated heterocycles. The molecule has 0 fully saturated rings. The summed E-state index contributed by atoms with van der Waals surface area (Å²) in [7, 11) is 0. The number of ketones is 1. The Morgan fingerprint density at radius 3 is 1.81 bits per heavy atom. The zero-order valence-electron chi connectivity index (χ0n) is 17.8. The van der Waals surface area contributed by atoms with Gasteiger partial charge in [-0.25, -0.2) is 0 Å². The van der Waals surface area contributed by atoms with Gasteiger partial charge in [0.2, 0.25) is 5.91 Å². The summed E-state index contributed by atoms with van der Waals surface area (Å²) in [4.78, 5) is 27.3. The molecule has 0 radical (unpaired) electrons. The maximum Gasteiger partial charge on any atom is 0.247 e. The summed E-state index contributed by atoms with van der Waals surface area (Å²) >= 11 is 0. The third-order valence-electron chi connectivity index (χ3n) is 5.33. The Hall–Kier alpha value is -3.50. The summed E-state index contributed by atoms with van der Waals surface area (Å²) in [5, 5.41) is 10.9. The van der Waals surface area contributed by atoms with Gasteiger partial charge in [0.05, 0.1) is 12.1 Å². The van der Waals surface area contributed by atoms with Crippen LogP contribution in [0.5, 0.6) is 0 Å². The molecule has 3 aromatic carbocycles. The zero-order chi connectivity index (χ0) is 22.2. The highest BCUT2D eigenvalue weighted by Gasteiger charge is 2.36. The molecular formula is C27H27NO3. The highest BCUT2D eigenvalue weighted by molar-refractivity contribution is 5.93. The van der Waals surface area contributed by atoms with Crippen LogP contribution in [0.25, 0.3) is 6.08 Å². The van der Waals surface area contributed by atoms with Gasteiger partial charge < -0.3 is 10.0 Å². The predicted molar refractivity (Wildman–Crippen MR) is 123 cm³/mol. The van der Waals surface area contributed by atoms with E-state index in [2.05, 4.69) is 0 Å². The summed E-state index contributed by atoms with van der Waals surface area (Å²) in [5.41, 5.74) is 2.52. The van der Waals surface area contributed by atoms with E-state index >= 15 is 0 Å². The summed E-state index contributed by atoms with van der Waals surface area (Å²) < 4.78 is 0. The number of aliphatic hydroxyl groups excluding tert-OH is 1. The summed E-state index contributed by atoms with van der Waals surface area (Å²) in [6, 6.07) is 27.2. The van der Waals surface area contributed by atoms with E-state index in [1.807, 2.05) is 97.9 Å². The molecular weight excluding hydrogens is 386 g/mol. The van der Waals surface area contributed by atoms with Gasteiger partial charge in [-0.1, -0.05) is 91.0 Å². The highest BCUT2D eigenvalue weighted by Crippen LogP contribution is 2.34. The molecule has 4 nitrogen and oxygen atoms in total. The second kappa shape index (κ2) is 10.5. The lowest BCUT2D eigenvalue weighted by atomic mass is 9.94. The SMILES string of the molecule is CC(=O)C(O)C(c1ccccc1)N(C(=O)/C=C/c1ccccc1)[C@H](C)c1ccccc1. The fourth-order valence-electron chi connectivity index (χ4n) is 3.65. The number of rotatable bonds is 8. The summed E-state index contributed by atoms with van der Waals surface area (Å²) in [5.74, 6) is -0.673. The van der Waals surface area contributed by atoms with Crippen LogP contribution in [-0.4, -0.2) is 27.8 Å². The van der Waals surface area contributed by atoms with Gasteiger partial charge in [-0.3, -0.25) is 9.59 Å². The molecule has 1 N–H and O–H groups in total. The van der Waals surface area contributed by atoms with Crippen LogP contribution >= 0.6 is 0 Å². The second-order valence-electron chi connectivity index (χ2n) is 7.49. The number of carbonyl (C=O) groups is 2. The number of hydrogen-bond acceptors (Lipinski definition) is 3. The molecule has 0 aliphatic rings. The molecule has 0 aliphatic carbocycles. The molecule has 3 aromatic rings.